The lowest BCUT2D eigenvalue weighted by molar-refractivity contribution is -0.142. The van der Waals surface area contributed by atoms with Crippen LogP contribution in [-0.4, -0.2) is 77.7 Å². The van der Waals surface area contributed by atoms with Crippen LogP contribution in [0.2, 0.25) is 0 Å². The van der Waals surface area contributed by atoms with Gasteiger partial charge in [0, 0.05) is 44.2 Å². The number of hydrogen-bond donors (Lipinski definition) is 0. The van der Waals surface area contributed by atoms with Gasteiger partial charge in [-0.2, -0.15) is 0 Å². The summed E-state index contributed by atoms with van der Waals surface area (Å²) < 4.78 is 5.20. The highest BCUT2D eigenvalue weighted by Gasteiger charge is 2.26. The minimum atomic E-state index is 0.000907. The highest BCUT2D eigenvalue weighted by molar-refractivity contribution is 5.85. The second-order valence-corrected chi connectivity index (χ2v) is 9.09. The predicted molar refractivity (Wildman–Crippen MR) is 129 cm³/mol. The molecule has 1 fully saturated rings. The summed E-state index contributed by atoms with van der Waals surface area (Å²) in [7, 11) is 1.64. The van der Waals surface area contributed by atoms with E-state index >= 15 is 0 Å². The summed E-state index contributed by atoms with van der Waals surface area (Å²) in [4.78, 5) is 31.1. The Balaban J connectivity index is 1.55. The number of amides is 2. The van der Waals surface area contributed by atoms with E-state index in [0.29, 0.717) is 32.6 Å². The van der Waals surface area contributed by atoms with Crippen molar-refractivity contribution in [2.45, 2.75) is 40.2 Å². The number of piperazine rings is 1. The lowest BCUT2D eigenvalue weighted by atomic mass is 10.1. The summed E-state index contributed by atoms with van der Waals surface area (Å²) in [5, 5.41) is 8.78. The Bertz CT molecular complexity index is 920. The van der Waals surface area contributed by atoms with Gasteiger partial charge in [0.25, 0.3) is 0 Å². The van der Waals surface area contributed by atoms with Crippen molar-refractivity contribution in [2.75, 3.05) is 44.7 Å². The molecule has 0 radical (unpaired) electrons. The van der Waals surface area contributed by atoms with Crippen LogP contribution >= 0.6 is 0 Å². The summed E-state index contributed by atoms with van der Waals surface area (Å²) in [6.07, 6.45) is 0.463. The molecule has 0 spiro atoms. The van der Waals surface area contributed by atoms with Gasteiger partial charge in [0.2, 0.25) is 11.8 Å². The van der Waals surface area contributed by atoms with E-state index in [4.69, 9.17) is 4.74 Å². The van der Waals surface area contributed by atoms with Gasteiger partial charge in [0.05, 0.1) is 19.3 Å². The number of benzene rings is 1. The van der Waals surface area contributed by atoms with Crippen molar-refractivity contribution in [2.24, 2.45) is 5.92 Å². The fourth-order valence-electron chi connectivity index (χ4n) is 3.87. The Hall–Kier alpha value is -3.16. The molecule has 3 rings (SSSR count). The molecular weight excluding hydrogens is 418 g/mol. The number of carbonyl (C=O) groups is 2. The molecule has 0 unspecified atom stereocenters. The molecule has 178 valence electrons. The van der Waals surface area contributed by atoms with Gasteiger partial charge in [-0.25, -0.2) is 0 Å². The zero-order chi connectivity index (χ0) is 24.0. The first-order chi connectivity index (χ1) is 15.8. The van der Waals surface area contributed by atoms with E-state index in [9.17, 15) is 9.59 Å². The predicted octanol–water partition coefficient (Wildman–Crippen LogP) is 3.08. The third-order valence-electron chi connectivity index (χ3n) is 5.82. The van der Waals surface area contributed by atoms with Crippen LogP contribution in [0.3, 0.4) is 0 Å². The minimum absolute atomic E-state index is 0.000907. The summed E-state index contributed by atoms with van der Waals surface area (Å²) in [5.41, 5.74) is 1.78. The van der Waals surface area contributed by atoms with Crippen LogP contribution in [-0.2, 0) is 9.59 Å². The average molecular weight is 454 g/mol. The van der Waals surface area contributed by atoms with E-state index in [1.807, 2.05) is 69.0 Å². The third-order valence-corrected chi connectivity index (χ3v) is 5.82. The number of hydrogen-bond acceptors (Lipinski definition) is 6. The molecule has 8 nitrogen and oxygen atoms in total. The third kappa shape index (κ3) is 6.43. The van der Waals surface area contributed by atoms with Gasteiger partial charge in [0.15, 0.2) is 5.82 Å². The Morgan fingerprint density at radius 2 is 1.64 bits per heavy atom. The van der Waals surface area contributed by atoms with Crippen molar-refractivity contribution in [3.05, 3.63) is 36.4 Å². The lowest BCUT2D eigenvalue weighted by Gasteiger charge is -2.37. The van der Waals surface area contributed by atoms with Crippen molar-refractivity contribution in [1.29, 1.82) is 0 Å². The number of methoxy groups -OCH3 is 1. The molecule has 0 saturated carbocycles. The van der Waals surface area contributed by atoms with E-state index in [-0.39, 0.29) is 30.3 Å². The maximum absolute atomic E-state index is 12.9. The molecule has 33 heavy (non-hydrogen) atoms. The monoisotopic (exact) mass is 453 g/mol. The Kier molecular flexibility index (Phi) is 8.25. The SMILES string of the molecule is COc1ccc(-c2ccc(N3CCN(C(=O)CN(C(=O)CC(C)C)C(C)C)CC3)nn2)cc1. The molecule has 0 N–H and O–H groups in total. The first-order valence-electron chi connectivity index (χ1n) is 11.6. The molecule has 2 heterocycles. The highest BCUT2D eigenvalue weighted by atomic mass is 16.5. The van der Waals surface area contributed by atoms with Gasteiger partial charge >= 0.3 is 0 Å². The zero-order valence-electron chi connectivity index (χ0n) is 20.3. The van der Waals surface area contributed by atoms with Crippen molar-refractivity contribution < 1.29 is 14.3 Å². The molecule has 8 heteroatoms. The number of ether oxygens (including phenoxy) is 1. The van der Waals surface area contributed by atoms with E-state index in [0.717, 1.165) is 22.8 Å². The largest absolute Gasteiger partial charge is 0.497 e. The lowest BCUT2D eigenvalue weighted by Crippen LogP contribution is -2.53. The van der Waals surface area contributed by atoms with Crippen LogP contribution in [0.25, 0.3) is 11.3 Å². The van der Waals surface area contributed by atoms with Gasteiger partial charge in [-0.05, 0) is 56.2 Å². The smallest absolute Gasteiger partial charge is 0.242 e. The molecule has 1 aromatic carbocycles. The Morgan fingerprint density at radius 1 is 0.970 bits per heavy atom. The van der Waals surface area contributed by atoms with Crippen molar-refractivity contribution in [3.63, 3.8) is 0 Å². The number of aromatic nitrogens is 2. The molecular formula is C25H35N5O3. The van der Waals surface area contributed by atoms with Crippen LogP contribution in [0.1, 0.15) is 34.1 Å². The van der Waals surface area contributed by atoms with E-state index in [1.54, 1.807) is 12.0 Å². The standard InChI is InChI=1S/C25H35N5O3/c1-18(2)16-24(31)30(19(3)4)17-25(32)29-14-12-28(13-15-29)23-11-10-22(26-27-23)20-6-8-21(33-5)9-7-20/h6-11,18-19H,12-17H2,1-5H3. The van der Waals surface area contributed by atoms with Crippen LogP contribution < -0.4 is 9.64 Å². The van der Waals surface area contributed by atoms with Gasteiger partial charge in [-0.15, -0.1) is 10.2 Å². The number of rotatable bonds is 8. The summed E-state index contributed by atoms with van der Waals surface area (Å²) >= 11 is 0. The summed E-state index contributed by atoms with van der Waals surface area (Å²) in [6.45, 7) is 10.7. The molecule has 1 aliphatic heterocycles. The second kappa shape index (κ2) is 11.1. The fourth-order valence-corrected chi connectivity index (χ4v) is 3.87. The van der Waals surface area contributed by atoms with Crippen LogP contribution in [0.5, 0.6) is 5.75 Å². The zero-order valence-corrected chi connectivity index (χ0v) is 20.3. The molecule has 0 atom stereocenters. The molecule has 2 amide bonds. The van der Waals surface area contributed by atoms with Crippen LogP contribution in [0.15, 0.2) is 36.4 Å². The van der Waals surface area contributed by atoms with Crippen LogP contribution in [0.4, 0.5) is 5.82 Å². The van der Waals surface area contributed by atoms with Crippen molar-refractivity contribution in [3.8, 4) is 17.0 Å². The van der Waals surface area contributed by atoms with E-state index in [2.05, 4.69) is 15.1 Å². The molecule has 2 aromatic rings. The normalized spacial score (nSPS) is 14.0. The first kappa shape index (κ1) is 24.5. The highest BCUT2D eigenvalue weighted by Crippen LogP contribution is 2.22. The van der Waals surface area contributed by atoms with Crippen molar-refractivity contribution in [1.82, 2.24) is 20.0 Å². The first-order valence-corrected chi connectivity index (χ1v) is 11.6. The Morgan fingerprint density at radius 3 is 2.15 bits per heavy atom. The van der Waals surface area contributed by atoms with E-state index in [1.165, 1.54) is 0 Å². The number of carbonyl (C=O) groups excluding carboxylic acids is 2. The fraction of sp³-hybridized carbons (Fsp3) is 0.520. The van der Waals surface area contributed by atoms with Gasteiger partial charge in [0.1, 0.15) is 5.75 Å². The number of anilines is 1. The molecule has 1 saturated heterocycles. The topological polar surface area (TPSA) is 78.9 Å². The second-order valence-electron chi connectivity index (χ2n) is 9.09. The molecule has 1 aliphatic rings. The van der Waals surface area contributed by atoms with E-state index < -0.39 is 0 Å². The van der Waals surface area contributed by atoms with Gasteiger partial charge in [-0.1, -0.05) is 13.8 Å². The van der Waals surface area contributed by atoms with Gasteiger partial charge < -0.3 is 19.4 Å². The van der Waals surface area contributed by atoms with Crippen LogP contribution in [0, 0.1) is 5.92 Å². The van der Waals surface area contributed by atoms with Crippen molar-refractivity contribution >= 4 is 17.6 Å². The average Bonchev–Trinajstić information content (AvgIpc) is 2.82. The molecule has 1 aromatic heterocycles. The minimum Gasteiger partial charge on any atom is -0.497 e. The maximum Gasteiger partial charge on any atom is 0.242 e. The summed E-state index contributed by atoms with van der Waals surface area (Å²) in [5.74, 6) is 1.92. The molecule has 0 bridgehead atoms. The summed E-state index contributed by atoms with van der Waals surface area (Å²) in [6, 6.07) is 11.6. The number of nitrogens with zero attached hydrogens (tertiary/aromatic N) is 5. The Labute approximate surface area is 196 Å². The maximum atomic E-state index is 12.9. The quantitative estimate of drug-likeness (QED) is 0.611. The molecule has 0 aliphatic carbocycles. The van der Waals surface area contributed by atoms with Gasteiger partial charge in [-0.3, -0.25) is 9.59 Å².